The SMILES string of the molecule is C=C(CNCc1ncon1)C(=O)OCC. The summed E-state index contributed by atoms with van der Waals surface area (Å²) < 4.78 is 9.31. The molecule has 0 aromatic carbocycles. The first-order valence-electron chi connectivity index (χ1n) is 4.55. The minimum atomic E-state index is -0.391. The van der Waals surface area contributed by atoms with E-state index in [9.17, 15) is 4.79 Å². The first-order chi connectivity index (χ1) is 7.24. The van der Waals surface area contributed by atoms with Crippen LogP contribution < -0.4 is 5.32 Å². The molecule has 82 valence electrons. The zero-order valence-corrected chi connectivity index (χ0v) is 8.52. The molecule has 0 aliphatic carbocycles. The number of aromatic nitrogens is 2. The fourth-order valence-electron chi connectivity index (χ4n) is 0.901. The molecule has 1 heterocycles. The number of ether oxygens (including phenoxy) is 1. The van der Waals surface area contributed by atoms with Crippen LogP contribution in [0.1, 0.15) is 12.7 Å². The van der Waals surface area contributed by atoms with Gasteiger partial charge in [-0.15, -0.1) is 0 Å². The molecule has 1 aromatic rings. The van der Waals surface area contributed by atoms with E-state index in [2.05, 4.69) is 26.6 Å². The normalized spacial score (nSPS) is 9.93. The summed E-state index contributed by atoms with van der Waals surface area (Å²) in [5.74, 6) is 0.143. The third kappa shape index (κ3) is 3.90. The van der Waals surface area contributed by atoms with E-state index in [0.717, 1.165) is 0 Å². The highest BCUT2D eigenvalue weighted by Crippen LogP contribution is 1.94. The smallest absolute Gasteiger partial charge is 0.334 e. The summed E-state index contributed by atoms with van der Waals surface area (Å²) >= 11 is 0. The van der Waals surface area contributed by atoms with Crippen LogP contribution in [-0.4, -0.2) is 29.3 Å². The molecule has 6 heteroatoms. The van der Waals surface area contributed by atoms with Crippen molar-refractivity contribution in [3.8, 4) is 0 Å². The maximum absolute atomic E-state index is 11.1. The van der Waals surface area contributed by atoms with Gasteiger partial charge in [0.25, 0.3) is 0 Å². The standard InChI is InChI=1S/C9H13N3O3/c1-3-14-9(13)7(2)4-10-5-8-11-6-15-12-8/h6,10H,2-5H2,1H3. The van der Waals surface area contributed by atoms with Gasteiger partial charge in [-0.05, 0) is 6.92 Å². The van der Waals surface area contributed by atoms with Crippen LogP contribution >= 0.6 is 0 Å². The highest BCUT2D eigenvalue weighted by molar-refractivity contribution is 5.88. The van der Waals surface area contributed by atoms with E-state index in [1.807, 2.05) is 0 Å². The van der Waals surface area contributed by atoms with Crippen molar-refractivity contribution < 1.29 is 14.1 Å². The van der Waals surface area contributed by atoms with Gasteiger partial charge >= 0.3 is 5.97 Å². The van der Waals surface area contributed by atoms with Crippen LogP contribution in [0.2, 0.25) is 0 Å². The van der Waals surface area contributed by atoms with Gasteiger partial charge in [-0.3, -0.25) is 0 Å². The number of hydrogen-bond acceptors (Lipinski definition) is 6. The van der Waals surface area contributed by atoms with E-state index in [-0.39, 0.29) is 0 Å². The molecule has 6 nitrogen and oxygen atoms in total. The predicted octanol–water partition coefficient (Wildman–Crippen LogP) is 0.278. The lowest BCUT2D eigenvalue weighted by molar-refractivity contribution is -0.138. The Morgan fingerprint density at radius 2 is 2.53 bits per heavy atom. The number of hydrogen-bond donors (Lipinski definition) is 1. The Hall–Kier alpha value is -1.69. The van der Waals surface area contributed by atoms with Crippen molar-refractivity contribution in [2.24, 2.45) is 0 Å². The Labute approximate surface area is 87.3 Å². The lowest BCUT2D eigenvalue weighted by Crippen LogP contribution is -2.22. The molecule has 0 aliphatic rings. The first-order valence-corrected chi connectivity index (χ1v) is 4.55. The Bertz CT molecular complexity index is 321. The molecule has 15 heavy (non-hydrogen) atoms. The summed E-state index contributed by atoms with van der Waals surface area (Å²) in [6.07, 6.45) is 1.25. The van der Waals surface area contributed by atoms with Gasteiger partial charge in [-0.25, -0.2) is 4.79 Å². The van der Waals surface area contributed by atoms with E-state index >= 15 is 0 Å². The molecule has 1 rings (SSSR count). The molecular weight excluding hydrogens is 198 g/mol. The first kappa shape index (κ1) is 11.4. The number of carbonyl (C=O) groups excluding carboxylic acids is 1. The fraction of sp³-hybridized carbons (Fsp3) is 0.444. The average Bonchev–Trinajstić information content (AvgIpc) is 2.71. The van der Waals surface area contributed by atoms with Crippen LogP contribution in [0.15, 0.2) is 23.1 Å². The third-order valence-corrected chi connectivity index (χ3v) is 1.59. The molecule has 0 unspecified atom stereocenters. The summed E-state index contributed by atoms with van der Waals surface area (Å²) in [5, 5.41) is 6.54. The zero-order valence-electron chi connectivity index (χ0n) is 8.52. The third-order valence-electron chi connectivity index (χ3n) is 1.59. The predicted molar refractivity (Wildman–Crippen MR) is 51.8 cm³/mol. The van der Waals surface area contributed by atoms with Crippen molar-refractivity contribution in [1.82, 2.24) is 15.5 Å². The minimum Gasteiger partial charge on any atom is -0.463 e. The van der Waals surface area contributed by atoms with Crippen LogP contribution in [0.3, 0.4) is 0 Å². The average molecular weight is 211 g/mol. The fourth-order valence-corrected chi connectivity index (χ4v) is 0.901. The van der Waals surface area contributed by atoms with Crippen LogP contribution in [-0.2, 0) is 16.1 Å². The van der Waals surface area contributed by atoms with Crippen molar-refractivity contribution in [2.75, 3.05) is 13.2 Å². The summed E-state index contributed by atoms with van der Waals surface area (Å²) in [5.41, 5.74) is 0.375. The number of esters is 1. The highest BCUT2D eigenvalue weighted by atomic mass is 16.5. The molecule has 0 bridgehead atoms. The van der Waals surface area contributed by atoms with E-state index in [1.54, 1.807) is 6.92 Å². The van der Waals surface area contributed by atoms with Crippen LogP contribution in [0, 0.1) is 0 Å². The summed E-state index contributed by atoms with van der Waals surface area (Å²) in [6.45, 7) is 6.45. The quantitative estimate of drug-likeness (QED) is 0.538. The van der Waals surface area contributed by atoms with Gasteiger partial charge in [0.05, 0.1) is 13.2 Å². The second-order valence-corrected chi connectivity index (χ2v) is 2.78. The lowest BCUT2D eigenvalue weighted by Gasteiger charge is -2.05. The van der Waals surface area contributed by atoms with Gasteiger partial charge < -0.3 is 14.6 Å². The lowest BCUT2D eigenvalue weighted by atomic mass is 10.3. The van der Waals surface area contributed by atoms with Crippen molar-refractivity contribution >= 4 is 5.97 Å². The molecule has 1 N–H and O–H groups in total. The summed E-state index contributed by atoms with van der Waals surface area (Å²) in [6, 6.07) is 0. The van der Waals surface area contributed by atoms with E-state index in [4.69, 9.17) is 4.74 Å². The molecule has 0 spiro atoms. The number of nitrogens with one attached hydrogen (secondary N) is 1. The maximum atomic E-state index is 11.1. The Balaban J connectivity index is 2.20. The van der Waals surface area contributed by atoms with E-state index in [0.29, 0.717) is 31.1 Å². The molecule has 0 fully saturated rings. The largest absolute Gasteiger partial charge is 0.463 e. The van der Waals surface area contributed by atoms with Crippen molar-refractivity contribution in [3.63, 3.8) is 0 Å². The van der Waals surface area contributed by atoms with Crippen molar-refractivity contribution in [3.05, 3.63) is 24.4 Å². The minimum absolute atomic E-state index is 0.341. The Morgan fingerprint density at radius 3 is 3.13 bits per heavy atom. The van der Waals surface area contributed by atoms with Crippen LogP contribution in [0.25, 0.3) is 0 Å². The number of carbonyl (C=O) groups is 1. The topological polar surface area (TPSA) is 77.3 Å². The number of rotatable bonds is 6. The van der Waals surface area contributed by atoms with Gasteiger partial charge in [0.1, 0.15) is 0 Å². The zero-order chi connectivity index (χ0) is 11.1. The summed E-state index contributed by atoms with van der Waals surface area (Å²) in [4.78, 5) is 14.9. The number of nitrogens with zero attached hydrogens (tertiary/aromatic N) is 2. The molecule has 1 aromatic heterocycles. The van der Waals surface area contributed by atoms with E-state index in [1.165, 1.54) is 6.39 Å². The molecular formula is C9H13N3O3. The molecule has 0 saturated heterocycles. The second kappa shape index (κ2) is 5.92. The Kier molecular flexibility index (Phi) is 4.49. The van der Waals surface area contributed by atoms with Crippen LogP contribution in [0.4, 0.5) is 0 Å². The van der Waals surface area contributed by atoms with Crippen molar-refractivity contribution in [2.45, 2.75) is 13.5 Å². The molecule has 0 atom stereocenters. The summed E-state index contributed by atoms with van der Waals surface area (Å²) in [7, 11) is 0. The van der Waals surface area contributed by atoms with Gasteiger partial charge in [0, 0.05) is 12.1 Å². The molecule has 0 radical (unpaired) electrons. The second-order valence-electron chi connectivity index (χ2n) is 2.78. The van der Waals surface area contributed by atoms with Gasteiger partial charge in [0.2, 0.25) is 6.39 Å². The van der Waals surface area contributed by atoms with Gasteiger partial charge in [-0.2, -0.15) is 4.98 Å². The van der Waals surface area contributed by atoms with Gasteiger partial charge in [0.15, 0.2) is 5.82 Å². The Morgan fingerprint density at radius 1 is 1.73 bits per heavy atom. The molecule has 0 amide bonds. The molecule has 0 aliphatic heterocycles. The van der Waals surface area contributed by atoms with Gasteiger partial charge in [-0.1, -0.05) is 11.7 Å². The molecule has 0 saturated carbocycles. The highest BCUT2D eigenvalue weighted by Gasteiger charge is 2.07. The van der Waals surface area contributed by atoms with E-state index < -0.39 is 5.97 Å². The van der Waals surface area contributed by atoms with Crippen molar-refractivity contribution in [1.29, 1.82) is 0 Å². The maximum Gasteiger partial charge on any atom is 0.334 e. The van der Waals surface area contributed by atoms with Crippen LogP contribution in [0.5, 0.6) is 0 Å². The monoisotopic (exact) mass is 211 g/mol.